The van der Waals surface area contributed by atoms with E-state index in [2.05, 4.69) is 6.92 Å². The molecule has 1 fully saturated rings. The molecule has 2 rings (SSSR count). The zero-order chi connectivity index (χ0) is 25.7. The highest BCUT2D eigenvalue weighted by Gasteiger charge is 2.42. The lowest BCUT2D eigenvalue weighted by molar-refractivity contribution is -0.148. The second kappa shape index (κ2) is 15.1. The van der Waals surface area contributed by atoms with E-state index in [-0.39, 0.29) is 13.2 Å². The predicted octanol–water partition coefficient (Wildman–Crippen LogP) is 7.69. The van der Waals surface area contributed by atoms with Crippen LogP contribution >= 0.6 is 0 Å². The van der Waals surface area contributed by atoms with Crippen molar-refractivity contribution in [1.29, 1.82) is 0 Å². The predicted molar refractivity (Wildman–Crippen MR) is 127 cm³/mol. The molecule has 0 aromatic heterocycles. The number of rotatable bonds is 15. The lowest BCUT2D eigenvalue weighted by Gasteiger charge is -2.25. The highest BCUT2D eigenvalue weighted by Crippen LogP contribution is 2.34. The third-order valence-corrected chi connectivity index (χ3v) is 6.56. The maximum absolute atomic E-state index is 14.2. The molecule has 0 spiro atoms. The molecular weight excluding hydrogens is 462 g/mol. The van der Waals surface area contributed by atoms with E-state index < -0.39 is 41.0 Å². The summed E-state index contributed by atoms with van der Waals surface area (Å²) in [6, 6.07) is 1.42. The van der Waals surface area contributed by atoms with Gasteiger partial charge in [0.15, 0.2) is 0 Å². The maximum atomic E-state index is 14.2. The monoisotopic (exact) mass is 501 g/mol. The fourth-order valence-electron chi connectivity index (χ4n) is 4.59. The Kier molecular flexibility index (Phi) is 12.6. The van der Waals surface area contributed by atoms with Gasteiger partial charge in [-0.25, -0.2) is 9.18 Å². The van der Waals surface area contributed by atoms with Crippen LogP contribution in [-0.4, -0.2) is 36.0 Å². The molecular formula is C27H39F4NO3. The number of hydrogen-bond acceptors (Lipinski definition) is 3. The molecule has 8 heteroatoms. The van der Waals surface area contributed by atoms with Gasteiger partial charge in [0, 0.05) is 6.54 Å². The van der Waals surface area contributed by atoms with Crippen LogP contribution in [0.3, 0.4) is 0 Å². The smallest absolute Gasteiger partial charge is 0.417 e. The number of hydrogen-bond donors (Lipinski definition) is 0. The molecule has 1 saturated heterocycles. The maximum Gasteiger partial charge on any atom is 0.417 e. The molecule has 35 heavy (non-hydrogen) atoms. The second-order valence-electron chi connectivity index (χ2n) is 9.37. The molecule has 1 aromatic carbocycles. The first-order valence-corrected chi connectivity index (χ1v) is 13.1. The van der Waals surface area contributed by atoms with Gasteiger partial charge in [-0.3, -0.25) is 4.79 Å². The first-order chi connectivity index (χ1) is 16.8. The molecule has 0 N–H and O–H groups in total. The van der Waals surface area contributed by atoms with Crippen LogP contribution in [0, 0.1) is 5.82 Å². The van der Waals surface area contributed by atoms with E-state index in [0.29, 0.717) is 25.3 Å². The van der Waals surface area contributed by atoms with Crippen molar-refractivity contribution >= 4 is 11.9 Å². The molecule has 198 valence electrons. The molecule has 1 amide bonds. The highest BCUT2D eigenvalue weighted by molar-refractivity contribution is 5.98. The average Bonchev–Trinajstić information content (AvgIpc) is 3.31. The molecule has 1 unspecified atom stereocenters. The van der Waals surface area contributed by atoms with Gasteiger partial charge in [-0.2, -0.15) is 13.2 Å². The average molecular weight is 502 g/mol. The number of esters is 1. The topological polar surface area (TPSA) is 46.6 Å². The number of nitrogens with zero attached hydrogens (tertiary/aromatic N) is 1. The molecule has 4 nitrogen and oxygen atoms in total. The van der Waals surface area contributed by atoms with Crippen molar-refractivity contribution in [2.24, 2.45) is 0 Å². The van der Waals surface area contributed by atoms with Crippen molar-refractivity contribution in [3.05, 3.63) is 35.1 Å². The summed E-state index contributed by atoms with van der Waals surface area (Å²) in [5.41, 5.74) is -2.38. The zero-order valence-electron chi connectivity index (χ0n) is 20.8. The summed E-state index contributed by atoms with van der Waals surface area (Å²) in [6.07, 6.45) is 10.0. The van der Waals surface area contributed by atoms with Gasteiger partial charge < -0.3 is 9.64 Å². The van der Waals surface area contributed by atoms with Gasteiger partial charge in [0.1, 0.15) is 11.9 Å². The van der Waals surface area contributed by atoms with Crippen LogP contribution in [0.15, 0.2) is 18.2 Å². The van der Waals surface area contributed by atoms with Crippen molar-refractivity contribution in [3.63, 3.8) is 0 Å². The molecule has 1 aliphatic heterocycles. The minimum atomic E-state index is -4.88. The number of benzene rings is 1. The van der Waals surface area contributed by atoms with E-state index in [9.17, 15) is 27.2 Å². The number of likely N-dealkylation sites (tertiary alicyclic amines) is 1. The summed E-state index contributed by atoms with van der Waals surface area (Å²) in [7, 11) is 0. The molecule has 1 heterocycles. The van der Waals surface area contributed by atoms with Crippen LogP contribution in [0.2, 0.25) is 0 Å². The van der Waals surface area contributed by atoms with E-state index in [0.717, 1.165) is 36.3 Å². The number of carbonyl (C=O) groups is 2. The van der Waals surface area contributed by atoms with Crippen LogP contribution in [0.5, 0.6) is 0 Å². The van der Waals surface area contributed by atoms with Gasteiger partial charge in [-0.1, -0.05) is 83.6 Å². The van der Waals surface area contributed by atoms with E-state index in [4.69, 9.17) is 4.74 Å². The van der Waals surface area contributed by atoms with Crippen LogP contribution in [0.1, 0.15) is 113 Å². The van der Waals surface area contributed by atoms with Gasteiger partial charge in [0.05, 0.1) is 17.7 Å². The third kappa shape index (κ3) is 9.45. The van der Waals surface area contributed by atoms with E-state index in [1.165, 1.54) is 51.4 Å². The highest BCUT2D eigenvalue weighted by atomic mass is 19.4. The molecule has 0 aliphatic carbocycles. The molecule has 1 aliphatic rings. The minimum Gasteiger partial charge on any atom is -0.464 e. The number of carbonyl (C=O) groups excluding carboxylic acids is 2. The number of unbranched alkanes of at least 4 members (excludes halogenated alkanes) is 11. The number of amides is 1. The Morgan fingerprint density at radius 1 is 0.943 bits per heavy atom. The number of halogens is 4. The molecule has 0 bridgehead atoms. The summed E-state index contributed by atoms with van der Waals surface area (Å²) >= 11 is 0. The molecule has 0 radical (unpaired) electrons. The van der Waals surface area contributed by atoms with E-state index in [1.54, 1.807) is 0 Å². The first-order valence-electron chi connectivity index (χ1n) is 13.1. The summed E-state index contributed by atoms with van der Waals surface area (Å²) in [5.74, 6) is -3.01. The fourth-order valence-corrected chi connectivity index (χ4v) is 4.59. The van der Waals surface area contributed by atoms with E-state index in [1.807, 2.05) is 0 Å². The van der Waals surface area contributed by atoms with Crippen LogP contribution in [0.4, 0.5) is 17.6 Å². The second-order valence-corrected chi connectivity index (χ2v) is 9.37. The van der Waals surface area contributed by atoms with Crippen molar-refractivity contribution < 1.29 is 31.9 Å². The SMILES string of the molecule is CCCCCCCCCCCCCCOC(=O)C1CCCN1C(=O)c1c(F)cccc1C(F)(F)F. The fraction of sp³-hybridized carbons (Fsp3) is 0.704. The van der Waals surface area contributed by atoms with Gasteiger partial charge >= 0.3 is 12.1 Å². The summed E-state index contributed by atoms with van der Waals surface area (Å²) in [5, 5.41) is 0. The van der Waals surface area contributed by atoms with Crippen LogP contribution in [-0.2, 0) is 15.7 Å². The minimum absolute atomic E-state index is 0.0861. The van der Waals surface area contributed by atoms with Gasteiger partial charge in [0.25, 0.3) is 5.91 Å². The number of ether oxygens (including phenoxy) is 1. The van der Waals surface area contributed by atoms with Gasteiger partial charge in [-0.05, 0) is 31.4 Å². The Bertz CT molecular complexity index is 797. The normalized spacial score (nSPS) is 16.0. The summed E-state index contributed by atoms with van der Waals surface area (Å²) in [4.78, 5) is 26.4. The molecule has 1 atom stereocenters. The third-order valence-electron chi connectivity index (χ3n) is 6.56. The van der Waals surface area contributed by atoms with Gasteiger partial charge in [-0.15, -0.1) is 0 Å². The summed E-state index contributed by atoms with van der Waals surface area (Å²) < 4.78 is 59.5. The number of alkyl halides is 3. The van der Waals surface area contributed by atoms with Crippen molar-refractivity contribution in [2.75, 3.05) is 13.2 Å². The Morgan fingerprint density at radius 3 is 2.09 bits per heavy atom. The lowest BCUT2D eigenvalue weighted by atomic mass is 10.0. The lowest BCUT2D eigenvalue weighted by Crippen LogP contribution is -2.42. The Hall–Kier alpha value is -2.12. The largest absolute Gasteiger partial charge is 0.464 e. The zero-order valence-corrected chi connectivity index (χ0v) is 20.8. The van der Waals surface area contributed by atoms with Crippen LogP contribution < -0.4 is 0 Å². The van der Waals surface area contributed by atoms with Crippen molar-refractivity contribution in [2.45, 2.75) is 109 Å². The van der Waals surface area contributed by atoms with Crippen molar-refractivity contribution in [3.8, 4) is 0 Å². The summed E-state index contributed by atoms with van der Waals surface area (Å²) in [6.45, 7) is 2.51. The Labute approximate surface area is 206 Å². The first kappa shape index (κ1) is 29.1. The van der Waals surface area contributed by atoms with Crippen LogP contribution in [0.25, 0.3) is 0 Å². The van der Waals surface area contributed by atoms with Gasteiger partial charge in [0.2, 0.25) is 0 Å². The Morgan fingerprint density at radius 2 is 1.51 bits per heavy atom. The Balaban J connectivity index is 1.71. The quantitative estimate of drug-likeness (QED) is 0.141. The van der Waals surface area contributed by atoms with E-state index >= 15 is 0 Å². The van der Waals surface area contributed by atoms with Crippen molar-refractivity contribution in [1.82, 2.24) is 4.90 Å². The molecule has 1 aromatic rings. The standard InChI is InChI=1S/C27H39F4NO3/c1-2-3-4-5-6-7-8-9-10-11-12-13-20-35-26(34)23-18-15-19-32(23)25(33)24-21(27(29,30)31)16-14-17-22(24)28/h14,16-17,23H,2-13,15,18-20H2,1H3. The molecule has 0 saturated carbocycles.